The topological polar surface area (TPSA) is 17.6 Å². The van der Waals surface area contributed by atoms with Crippen LogP contribution in [0.2, 0.25) is 0 Å². The lowest BCUT2D eigenvalue weighted by atomic mass is 10.1. The van der Waals surface area contributed by atoms with Crippen LogP contribution in [0.1, 0.15) is 56.7 Å². The molecule has 0 aliphatic heterocycles. The summed E-state index contributed by atoms with van der Waals surface area (Å²) >= 11 is 0. The summed E-state index contributed by atoms with van der Waals surface area (Å²) in [5, 5.41) is 0. The maximum Gasteiger partial charge on any atom is 0.256 e. The van der Waals surface area contributed by atoms with Gasteiger partial charge in [-0.3, -0.25) is 0 Å². The summed E-state index contributed by atoms with van der Waals surface area (Å²) < 4.78 is 9.09. The van der Waals surface area contributed by atoms with Crippen molar-refractivity contribution in [3.05, 3.63) is 72.3 Å². The molecule has 2 heterocycles. The molecule has 0 radical (unpaired) electrons. The largest absolute Gasteiger partial charge is 0.256 e. The van der Waals surface area contributed by atoms with Gasteiger partial charge in [0.15, 0.2) is 0 Å². The molecule has 2 aromatic heterocycles. The minimum absolute atomic E-state index is 1.11. The molecule has 3 aromatic rings. The minimum atomic E-state index is 1.11. The maximum absolute atomic E-state index is 2.40. The number of unbranched alkanes of at least 4 members (excludes halogenated alkanes) is 2. The van der Waals surface area contributed by atoms with Crippen molar-refractivity contribution in [2.45, 2.75) is 72.4 Å². The molecule has 0 aliphatic carbocycles. The first-order valence-corrected chi connectivity index (χ1v) is 11.2. The highest BCUT2D eigenvalue weighted by Crippen LogP contribution is 2.06. The molecule has 0 N–H and O–H groups in total. The van der Waals surface area contributed by atoms with Crippen LogP contribution in [-0.4, -0.2) is 9.13 Å². The number of imidazole rings is 2. The van der Waals surface area contributed by atoms with Gasteiger partial charge < -0.3 is 0 Å². The Morgan fingerprint density at radius 2 is 1.34 bits per heavy atom. The van der Waals surface area contributed by atoms with Crippen molar-refractivity contribution >= 4 is 0 Å². The number of aromatic nitrogens is 4. The third-order valence-corrected chi connectivity index (χ3v) is 5.59. The molecule has 0 amide bonds. The molecule has 0 atom stereocenters. The first-order chi connectivity index (χ1) is 14.1. The third-order valence-electron chi connectivity index (χ3n) is 5.59. The molecule has 0 spiro atoms. The number of nitrogens with zero attached hydrogens (tertiary/aromatic N) is 4. The molecule has 3 rings (SSSR count). The number of benzene rings is 1. The minimum Gasteiger partial charge on any atom is -0.237 e. The molecule has 0 unspecified atom stereocenters. The molecule has 0 saturated heterocycles. The van der Waals surface area contributed by atoms with E-state index >= 15 is 0 Å². The van der Waals surface area contributed by atoms with Gasteiger partial charge in [-0.25, -0.2) is 18.3 Å². The second kappa shape index (κ2) is 12.3. The molecule has 29 heavy (non-hydrogen) atoms. The Morgan fingerprint density at radius 3 is 1.93 bits per heavy atom. The van der Waals surface area contributed by atoms with Gasteiger partial charge in [-0.1, -0.05) is 57.0 Å². The van der Waals surface area contributed by atoms with Gasteiger partial charge >= 0.3 is 0 Å². The van der Waals surface area contributed by atoms with Crippen molar-refractivity contribution in [2.24, 2.45) is 14.1 Å². The van der Waals surface area contributed by atoms with E-state index in [0.717, 1.165) is 25.9 Å². The van der Waals surface area contributed by atoms with Gasteiger partial charge in [0, 0.05) is 6.92 Å². The molecule has 4 heteroatoms. The Labute approximate surface area is 177 Å². The van der Waals surface area contributed by atoms with E-state index in [-0.39, 0.29) is 0 Å². The van der Waals surface area contributed by atoms with Gasteiger partial charge in [-0.2, -0.15) is 0 Å². The van der Waals surface area contributed by atoms with E-state index in [1.165, 1.54) is 42.9 Å². The molecule has 0 fully saturated rings. The third kappa shape index (κ3) is 7.19. The highest BCUT2D eigenvalue weighted by atomic mass is 15.1. The summed E-state index contributed by atoms with van der Waals surface area (Å²) in [7, 11) is 4.22. The molecule has 0 aliphatic rings. The Morgan fingerprint density at radius 1 is 0.759 bits per heavy atom. The Balaban J connectivity index is 0.000000234. The number of hydrogen-bond acceptors (Lipinski definition) is 0. The summed E-state index contributed by atoms with van der Waals surface area (Å²) in [5.41, 5.74) is 1.42. The predicted molar refractivity (Wildman–Crippen MR) is 120 cm³/mol. The molecule has 158 valence electrons. The fraction of sp³-hybridized carbons (Fsp3) is 0.520. The fourth-order valence-electron chi connectivity index (χ4n) is 3.47. The Kier molecular flexibility index (Phi) is 9.69. The molecular weight excluding hydrogens is 356 g/mol. The zero-order valence-corrected chi connectivity index (χ0v) is 19.1. The standard InChI is InChI=1S/C16H23N2.C9H17N2/c1-3-4-12-18-14-13-17(2)16(18)11-10-15-8-6-5-7-9-15;1-4-5-6-11-8-7-10(3)9(11)2/h5-9,13-14H,3-4,10-12H2,1-2H3;7-8H,4-6H2,1-3H3/q2*+1. The predicted octanol–water partition coefficient (Wildman–Crippen LogP) is 4.32. The smallest absolute Gasteiger partial charge is 0.237 e. The van der Waals surface area contributed by atoms with E-state index < -0.39 is 0 Å². The monoisotopic (exact) mass is 396 g/mol. The Hall–Kier alpha value is -2.36. The summed E-state index contributed by atoms with van der Waals surface area (Å²) in [4.78, 5) is 0. The van der Waals surface area contributed by atoms with Crippen molar-refractivity contribution in [2.75, 3.05) is 0 Å². The maximum atomic E-state index is 2.40. The highest BCUT2D eigenvalue weighted by molar-refractivity contribution is 5.15. The van der Waals surface area contributed by atoms with Crippen molar-refractivity contribution in [3.63, 3.8) is 0 Å². The fourth-order valence-corrected chi connectivity index (χ4v) is 3.47. The van der Waals surface area contributed by atoms with Crippen LogP contribution in [0.25, 0.3) is 0 Å². The average molecular weight is 397 g/mol. The van der Waals surface area contributed by atoms with E-state index in [1.54, 1.807) is 0 Å². The van der Waals surface area contributed by atoms with Gasteiger partial charge in [-0.05, 0) is 24.8 Å². The summed E-state index contributed by atoms with van der Waals surface area (Å²) in [5.74, 6) is 2.76. The van der Waals surface area contributed by atoms with Gasteiger partial charge in [0.1, 0.15) is 24.8 Å². The van der Waals surface area contributed by atoms with Crippen LogP contribution in [-0.2, 0) is 40.0 Å². The summed E-state index contributed by atoms with van der Waals surface area (Å²) in [6, 6.07) is 10.7. The van der Waals surface area contributed by atoms with Crippen LogP contribution in [0.15, 0.2) is 55.1 Å². The molecule has 0 saturated carbocycles. The zero-order valence-electron chi connectivity index (χ0n) is 19.1. The second-order valence-corrected chi connectivity index (χ2v) is 7.86. The van der Waals surface area contributed by atoms with Crippen molar-refractivity contribution in [3.8, 4) is 0 Å². The van der Waals surface area contributed by atoms with E-state index in [0.29, 0.717) is 0 Å². The van der Waals surface area contributed by atoms with Crippen LogP contribution in [0, 0.1) is 6.92 Å². The second-order valence-electron chi connectivity index (χ2n) is 7.86. The molecule has 1 aromatic carbocycles. The van der Waals surface area contributed by atoms with E-state index in [9.17, 15) is 0 Å². The quantitative estimate of drug-likeness (QED) is 0.480. The molecule has 0 bridgehead atoms. The van der Waals surface area contributed by atoms with Crippen molar-refractivity contribution < 1.29 is 9.13 Å². The number of hydrogen-bond donors (Lipinski definition) is 0. The van der Waals surface area contributed by atoms with Crippen LogP contribution in [0.5, 0.6) is 0 Å². The van der Waals surface area contributed by atoms with Gasteiger partial charge in [-0.15, -0.1) is 0 Å². The lowest BCUT2D eigenvalue weighted by Gasteiger charge is -2.03. The van der Waals surface area contributed by atoms with Gasteiger partial charge in [0.05, 0.1) is 33.6 Å². The summed E-state index contributed by atoms with van der Waals surface area (Å²) in [6.07, 6.45) is 15.9. The first-order valence-electron chi connectivity index (χ1n) is 11.2. The Bertz CT molecular complexity index is 830. The van der Waals surface area contributed by atoms with Crippen LogP contribution in [0.4, 0.5) is 0 Å². The molecular formula is C25H40N4+2. The first kappa shape index (κ1) is 22.9. The van der Waals surface area contributed by atoms with Crippen molar-refractivity contribution in [1.29, 1.82) is 0 Å². The molecule has 4 nitrogen and oxygen atoms in total. The average Bonchev–Trinajstić information content (AvgIpc) is 3.26. The van der Waals surface area contributed by atoms with Crippen LogP contribution >= 0.6 is 0 Å². The van der Waals surface area contributed by atoms with E-state index in [2.05, 4.69) is 108 Å². The number of rotatable bonds is 9. The van der Waals surface area contributed by atoms with Gasteiger partial charge in [0.2, 0.25) is 0 Å². The van der Waals surface area contributed by atoms with E-state index in [4.69, 9.17) is 0 Å². The van der Waals surface area contributed by atoms with E-state index in [1.807, 2.05) is 0 Å². The lowest BCUT2D eigenvalue weighted by molar-refractivity contribution is -0.678. The lowest BCUT2D eigenvalue weighted by Crippen LogP contribution is -2.32. The SMILES string of the molecule is CCCCn1cc[n+](C)c1C.CCCCn1cc[n+](C)c1CCc1ccccc1. The normalized spacial score (nSPS) is 10.7. The summed E-state index contributed by atoms with van der Waals surface area (Å²) in [6.45, 7) is 8.91. The van der Waals surface area contributed by atoms with Crippen LogP contribution in [0.3, 0.4) is 0 Å². The number of aryl methyl sites for hydroxylation is 5. The van der Waals surface area contributed by atoms with Crippen LogP contribution < -0.4 is 9.13 Å². The van der Waals surface area contributed by atoms with Crippen molar-refractivity contribution in [1.82, 2.24) is 9.13 Å². The van der Waals surface area contributed by atoms with Gasteiger partial charge in [0.25, 0.3) is 11.6 Å². The zero-order chi connectivity index (χ0) is 21.1. The highest BCUT2D eigenvalue weighted by Gasteiger charge is 2.13.